The van der Waals surface area contributed by atoms with Crippen LogP contribution in [-0.4, -0.2) is 19.3 Å². The van der Waals surface area contributed by atoms with Crippen molar-refractivity contribution in [1.29, 1.82) is 0 Å². The lowest BCUT2D eigenvalue weighted by atomic mass is 10.2. The van der Waals surface area contributed by atoms with Gasteiger partial charge in [0, 0.05) is 16.4 Å². The van der Waals surface area contributed by atoms with Crippen molar-refractivity contribution >= 4 is 22.7 Å². The molecule has 4 heteroatoms. The third-order valence-electron chi connectivity index (χ3n) is 2.78. The highest BCUT2D eigenvalue weighted by Crippen LogP contribution is 2.28. The summed E-state index contributed by atoms with van der Waals surface area (Å²) in [6, 6.07) is 8.97. The van der Waals surface area contributed by atoms with Crippen molar-refractivity contribution in [3.05, 3.63) is 44.8 Å². The van der Waals surface area contributed by atoms with Crippen molar-refractivity contribution < 1.29 is 4.74 Å². The number of rotatable bonds is 8. The molecule has 19 heavy (non-hydrogen) atoms. The molecule has 0 fully saturated rings. The van der Waals surface area contributed by atoms with Crippen LogP contribution < -0.4 is 5.32 Å². The van der Waals surface area contributed by atoms with Crippen LogP contribution in [0.4, 0.5) is 0 Å². The number of nitrogens with one attached hydrogen (secondary N) is 1. The Labute approximate surface area is 123 Å². The van der Waals surface area contributed by atoms with Gasteiger partial charge in [-0.2, -0.15) is 0 Å². The van der Waals surface area contributed by atoms with E-state index < -0.39 is 0 Å². The lowest BCUT2D eigenvalue weighted by Crippen LogP contribution is -2.23. The Morgan fingerprint density at radius 3 is 2.21 bits per heavy atom. The van der Waals surface area contributed by atoms with Crippen LogP contribution in [0.15, 0.2) is 35.0 Å². The second-order valence-electron chi connectivity index (χ2n) is 4.69. The molecule has 0 spiro atoms. The molecule has 0 bridgehead atoms. The Kier molecular flexibility index (Phi) is 6.04. The highest BCUT2D eigenvalue weighted by atomic mass is 32.1. The van der Waals surface area contributed by atoms with Crippen LogP contribution in [0.25, 0.3) is 0 Å². The Hall–Kier alpha value is -0.680. The summed E-state index contributed by atoms with van der Waals surface area (Å²) in [5.41, 5.74) is 0. The zero-order valence-electron chi connectivity index (χ0n) is 11.5. The standard InChI is InChI=1S/C15H21NOS2/c1-12(2)17-9-5-8-16-15(13-6-3-10-18-13)14-7-4-11-19-14/h3-4,6-7,10-12,15-16H,5,8-9H2,1-2H3. The number of hydrogen-bond donors (Lipinski definition) is 1. The monoisotopic (exact) mass is 295 g/mol. The molecular weight excluding hydrogens is 274 g/mol. The van der Waals surface area contributed by atoms with Crippen LogP contribution in [0.5, 0.6) is 0 Å². The van der Waals surface area contributed by atoms with Crippen molar-refractivity contribution in [3.8, 4) is 0 Å². The molecule has 0 atom stereocenters. The molecule has 0 aliphatic rings. The summed E-state index contributed by atoms with van der Waals surface area (Å²) in [6.45, 7) is 5.96. The van der Waals surface area contributed by atoms with Gasteiger partial charge in [0.15, 0.2) is 0 Å². The first kappa shape index (κ1) is 14.7. The van der Waals surface area contributed by atoms with Gasteiger partial charge in [0.05, 0.1) is 12.1 Å². The summed E-state index contributed by atoms with van der Waals surface area (Å²) in [6.07, 6.45) is 1.37. The number of thiophene rings is 2. The van der Waals surface area contributed by atoms with Crippen molar-refractivity contribution in [2.75, 3.05) is 13.2 Å². The van der Waals surface area contributed by atoms with Crippen molar-refractivity contribution in [2.45, 2.75) is 32.4 Å². The predicted octanol–water partition coefficient (Wildman–Crippen LogP) is 4.30. The minimum Gasteiger partial charge on any atom is -0.379 e. The molecule has 0 unspecified atom stereocenters. The summed E-state index contributed by atoms with van der Waals surface area (Å²) in [4.78, 5) is 2.76. The predicted molar refractivity (Wildman–Crippen MR) is 84.2 cm³/mol. The first-order valence-corrected chi connectivity index (χ1v) is 8.45. The quantitative estimate of drug-likeness (QED) is 0.733. The molecule has 0 saturated heterocycles. The van der Waals surface area contributed by atoms with Gasteiger partial charge in [-0.25, -0.2) is 0 Å². The van der Waals surface area contributed by atoms with Gasteiger partial charge in [-0.05, 0) is 49.7 Å². The first-order valence-electron chi connectivity index (χ1n) is 6.69. The van der Waals surface area contributed by atoms with E-state index in [1.54, 1.807) is 0 Å². The lowest BCUT2D eigenvalue weighted by molar-refractivity contribution is 0.0769. The van der Waals surface area contributed by atoms with E-state index in [-0.39, 0.29) is 0 Å². The Balaban J connectivity index is 1.86. The molecule has 2 aromatic heterocycles. The maximum absolute atomic E-state index is 5.57. The largest absolute Gasteiger partial charge is 0.379 e. The molecule has 2 aromatic rings. The van der Waals surface area contributed by atoms with E-state index in [0.29, 0.717) is 12.1 Å². The van der Waals surface area contributed by atoms with Gasteiger partial charge in [0.2, 0.25) is 0 Å². The molecular formula is C15H21NOS2. The molecule has 0 amide bonds. The minimum absolute atomic E-state index is 0.324. The van der Waals surface area contributed by atoms with Crippen molar-refractivity contribution in [1.82, 2.24) is 5.32 Å². The van der Waals surface area contributed by atoms with Crippen molar-refractivity contribution in [2.24, 2.45) is 0 Å². The van der Waals surface area contributed by atoms with E-state index in [0.717, 1.165) is 19.6 Å². The van der Waals surface area contributed by atoms with E-state index in [1.807, 2.05) is 22.7 Å². The Morgan fingerprint density at radius 2 is 1.74 bits per heavy atom. The fraction of sp³-hybridized carbons (Fsp3) is 0.467. The molecule has 1 N–H and O–H groups in total. The van der Waals surface area contributed by atoms with Crippen LogP contribution in [-0.2, 0) is 4.74 Å². The fourth-order valence-corrected chi connectivity index (χ4v) is 3.60. The summed E-state index contributed by atoms with van der Waals surface area (Å²) in [5.74, 6) is 0. The topological polar surface area (TPSA) is 21.3 Å². The average molecular weight is 295 g/mol. The summed E-state index contributed by atoms with van der Waals surface area (Å²) >= 11 is 3.62. The maximum Gasteiger partial charge on any atom is 0.0764 e. The maximum atomic E-state index is 5.57. The van der Waals surface area contributed by atoms with Gasteiger partial charge in [0.1, 0.15) is 0 Å². The lowest BCUT2D eigenvalue weighted by Gasteiger charge is -2.16. The summed E-state index contributed by atoms with van der Waals surface area (Å²) in [7, 11) is 0. The smallest absolute Gasteiger partial charge is 0.0764 e. The molecule has 0 aliphatic carbocycles. The van der Waals surface area contributed by atoms with E-state index in [2.05, 4.69) is 54.2 Å². The third kappa shape index (κ3) is 4.73. The average Bonchev–Trinajstić information content (AvgIpc) is 3.06. The van der Waals surface area contributed by atoms with Gasteiger partial charge in [-0.3, -0.25) is 0 Å². The molecule has 0 aromatic carbocycles. The summed E-state index contributed by atoms with van der Waals surface area (Å²) in [5, 5.41) is 7.92. The number of ether oxygens (including phenoxy) is 1. The van der Waals surface area contributed by atoms with Gasteiger partial charge in [0.25, 0.3) is 0 Å². The van der Waals surface area contributed by atoms with Gasteiger partial charge < -0.3 is 10.1 Å². The zero-order valence-corrected chi connectivity index (χ0v) is 13.1. The van der Waals surface area contributed by atoms with E-state index in [1.165, 1.54) is 9.75 Å². The molecule has 0 aliphatic heterocycles. The van der Waals surface area contributed by atoms with Crippen LogP contribution >= 0.6 is 22.7 Å². The minimum atomic E-state index is 0.324. The van der Waals surface area contributed by atoms with E-state index in [9.17, 15) is 0 Å². The molecule has 0 saturated carbocycles. The third-order valence-corrected chi connectivity index (χ3v) is 4.65. The zero-order chi connectivity index (χ0) is 13.5. The second-order valence-corrected chi connectivity index (χ2v) is 6.65. The fourth-order valence-electron chi connectivity index (χ4n) is 1.89. The van der Waals surface area contributed by atoms with E-state index >= 15 is 0 Å². The summed E-state index contributed by atoms with van der Waals surface area (Å²) < 4.78 is 5.57. The van der Waals surface area contributed by atoms with Crippen LogP contribution in [0.2, 0.25) is 0 Å². The molecule has 2 heterocycles. The van der Waals surface area contributed by atoms with Crippen LogP contribution in [0.1, 0.15) is 36.1 Å². The van der Waals surface area contributed by atoms with Crippen LogP contribution in [0, 0.1) is 0 Å². The first-order chi connectivity index (χ1) is 9.27. The normalized spacial score (nSPS) is 11.6. The SMILES string of the molecule is CC(C)OCCCNC(c1cccs1)c1cccs1. The highest BCUT2D eigenvalue weighted by molar-refractivity contribution is 7.11. The van der Waals surface area contributed by atoms with Gasteiger partial charge in [-0.15, -0.1) is 22.7 Å². The van der Waals surface area contributed by atoms with Gasteiger partial charge >= 0.3 is 0 Å². The Bertz CT molecular complexity index is 402. The van der Waals surface area contributed by atoms with E-state index in [4.69, 9.17) is 4.74 Å². The number of hydrogen-bond acceptors (Lipinski definition) is 4. The highest BCUT2D eigenvalue weighted by Gasteiger charge is 2.15. The second kappa shape index (κ2) is 7.80. The van der Waals surface area contributed by atoms with Crippen LogP contribution in [0.3, 0.4) is 0 Å². The van der Waals surface area contributed by atoms with Gasteiger partial charge in [-0.1, -0.05) is 12.1 Å². The Morgan fingerprint density at radius 1 is 1.11 bits per heavy atom. The molecule has 104 valence electrons. The molecule has 2 rings (SSSR count). The van der Waals surface area contributed by atoms with Crippen molar-refractivity contribution in [3.63, 3.8) is 0 Å². The molecule has 2 nitrogen and oxygen atoms in total. The molecule has 0 radical (unpaired) electrons.